The van der Waals surface area contributed by atoms with Crippen LogP contribution in [0.3, 0.4) is 0 Å². The molecule has 14 heavy (non-hydrogen) atoms. The molecular formula is C9H18N4O. The van der Waals surface area contributed by atoms with Crippen molar-refractivity contribution in [2.75, 3.05) is 39.5 Å². The number of urea groups is 1. The maximum absolute atomic E-state index is 11.9. The molecule has 2 saturated heterocycles. The first kappa shape index (κ1) is 9.73. The number of nitrogens with zero attached hydrogens (tertiary/aromatic N) is 2. The number of carbonyl (C=O) groups excluding carboxylic acids is 1. The third kappa shape index (κ3) is 2.16. The van der Waals surface area contributed by atoms with Crippen LogP contribution in [0.4, 0.5) is 4.79 Å². The molecule has 2 aliphatic rings. The number of hydrogen-bond donors (Lipinski definition) is 2. The van der Waals surface area contributed by atoms with Crippen LogP contribution in [0, 0.1) is 0 Å². The van der Waals surface area contributed by atoms with Gasteiger partial charge in [0.25, 0.3) is 0 Å². The van der Waals surface area contributed by atoms with Gasteiger partial charge in [0.05, 0.1) is 13.3 Å². The zero-order valence-electron chi connectivity index (χ0n) is 8.46. The molecule has 5 heteroatoms. The number of nitrogens with one attached hydrogen (secondary N) is 2. The molecule has 2 N–H and O–H groups in total. The summed E-state index contributed by atoms with van der Waals surface area (Å²) in [5.41, 5.74) is 0. The molecule has 2 amide bonds. The highest BCUT2D eigenvalue weighted by Gasteiger charge is 2.23. The van der Waals surface area contributed by atoms with Crippen LogP contribution >= 0.6 is 0 Å². The summed E-state index contributed by atoms with van der Waals surface area (Å²) in [6, 6.07) is 0.171. The van der Waals surface area contributed by atoms with Crippen molar-refractivity contribution >= 4 is 6.03 Å². The van der Waals surface area contributed by atoms with Crippen LogP contribution in [0.25, 0.3) is 0 Å². The maximum Gasteiger partial charge on any atom is 0.322 e. The van der Waals surface area contributed by atoms with Gasteiger partial charge in [-0.25, -0.2) is 4.79 Å². The lowest BCUT2D eigenvalue weighted by Crippen LogP contribution is -2.54. The molecule has 0 saturated carbocycles. The topological polar surface area (TPSA) is 47.6 Å². The first-order valence-electron chi connectivity index (χ1n) is 5.33. The summed E-state index contributed by atoms with van der Waals surface area (Å²) in [5.74, 6) is 0. The lowest BCUT2D eigenvalue weighted by Gasteiger charge is -2.35. The summed E-state index contributed by atoms with van der Waals surface area (Å²) in [7, 11) is 0. The summed E-state index contributed by atoms with van der Waals surface area (Å²) in [6.45, 7) is 5.25. The molecule has 0 bridgehead atoms. The highest BCUT2D eigenvalue weighted by atomic mass is 16.2. The zero-order valence-corrected chi connectivity index (χ0v) is 8.46. The number of rotatable bonds is 0. The van der Waals surface area contributed by atoms with Gasteiger partial charge in [0.1, 0.15) is 0 Å². The fourth-order valence-electron chi connectivity index (χ4n) is 1.90. The monoisotopic (exact) mass is 198 g/mol. The SMILES string of the molecule is O=C(N1CCCNC1)N1CCCNC1. The van der Waals surface area contributed by atoms with Crippen LogP contribution in [-0.4, -0.2) is 55.3 Å². The summed E-state index contributed by atoms with van der Waals surface area (Å²) in [4.78, 5) is 15.7. The van der Waals surface area contributed by atoms with Gasteiger partial charge in [-0.15, -0.1) is 0 Å². The van der Waals surface area contributed by atoms with E-state index in [0.717, 1.165) is 39.0 Å². The van der Waals surface area contributed by atoms with E-state index in [9.17, 15) is 4.79 Å². The molecule has 2 heterocycles. The van der Waals surface area contributed by atoms with E-state index in [4.69, 9.17) is 0 Å². The summed E-state index contributed by atoms with van der Waals surface area (Å²) in [6.07, 6.45) is 2.13. The van der Waals surface area contributed by atoms with Gasteiger partial charge < -0.3 is 9.80 Å². The lowest BCUT2D eigenvalue weighted by atomic mass is 10.3. The predicted octanol–water partition coefficient (Wildman–Crippen LogP) is -0.388. The van der Waals surface area contributed by atoms with E-state index >= 15 is 0 Å². The van der Waals surface area contributed by atoms with Crippen molar-refractivity contribution < 1.29 is 4.79 Å². The molecule has 2 aliphatic heterocycles. The Hall–Kier alpha value is -0.810. The summed E-state index contributed by atoms with van der Waals surface area (Å²) in [5, 5.41) is 6.43. The second kappa shape index (κ2) is 4.61. The molecular weight excluding hydrogens is 180 g/mol. The van der Waals surface area contributed by atoms with Gasteiger partial charge in [-0.05, 0) is 25.9 Å². The standard InChI is InChI=1S/C9H18N4O/c14-9(12-5-1-3-10-7-12)13-6-2-4-11-8-13/h10-11H,1-8H2. The molecule has 0 aromatic rings. The minimum atomic E-state index is 0.171. The Morgan fingerprint density at radius 1 is 0.929 bits per heavy atom. The molecule has 0 aromatic heterocycles. The molecule has 0 spiro atoms. The van der Waals surface area contributed by atoms with E-state index in [1.54, 1.807) is 0 Å². The Bertz CT molecular complexity index is 177. The average molecular weight is 198 g/mol. The van der Waals surface area contributed by atoms with Crippen molar-refractivity contribution in [3.63, 3.8) is 0 Å². The van der Waals surface area contributed by atoms with E-state index < -0.39 is 0 Å². The van der Waals surface area contributed by atoms with Gasteiger partial charge in [0.15, 0.2) is 0 Å². The quantitative estimate of drug-likeness (QED) is 0.557. The Morgan fingerprint density at radius 2 is 1.43 bits per heavy atom. The lowest BCUT2D eigenvalue weighted by molar-refractivity contribution is 0.129. The number of carbonyl (C=O) groups is 1. The molecule has 0 radical (unpaired) electrons. The molecule has 2 fully saturated rings. The molecule has 5 nitrogen and oxygen atoms in total. The number of amides is 2. The molecule has 0 aromatic carbocycles. The molecule has 0 unspecified atom stereocenters. The van der Waals surface area contributed by atoms with Crippen molar-refractivity contribution in [2.24, 2.45) is 0 Å². The van der Waals surface area contributed by atoms with E-state index in [1.807, 2.05) is 9.80 Å². The molecule has 0 atom stereocenters. The molecule has 80 valence electrons. The van der Waals surface area contributed by atoms with Crippen LogP contribution in [-0.2, 0) is 0 Å². The van der Waals surface area contributed by atoms with Crippen LogP contribution in [0.5, 0.6) is 0 Å². The van der Waals surface area contributed by atoms with Gasteiger partial charge in [-0.3, -0.25) is 10.6 Å². The van der Waals surface area contributed by atoms with E-state index in [-0.39, 0.29) is 6.03 Å². The third-order valence-electron chi connectivity index (χ3n) is 2.71. The second-order valence-corrected chi connectivity index (χ2v) is 3.83. The van der Waals surface area contributed by atoms with Gasteiger partial charge >= 0.3 is 6.03 Å². The zero-order chi connectivity index (χ0) is 9.80. The van der Waals surface area contributed by atoms with E-state index in [0.29, 0.717) is 13.3 Å². The Morgan fingerprint density at radius 3 is 1.79 bits per heavy atom. The highest BCUT2D eigenvalue weighted by molar-refractivity contribution is 5.74. The number of hydrogen-bond acceptors (Lipinski definition) is 3. The largest absolute Gasteiger partial charge is 0.322 e. The first-order valence-corrected chi connectivity index (χ1v) is 5.33. The van der Waals surface area contributed by atoms with Gasteiger partial charge in [-0.2, -0.15) is 0 Å². The highest BCUT2D eigenvalue weighted by Crippen LogP contribution is 2.04. The van der Waals surface area contributed by atoms with Crippen molar-refractivity contribution in [1.82, 2.24) is 20.4 Å². The maximum atomic E-state index is 11.9. The van der Waals surface area contributed by atoms with Crippen molar-refractivity contribution in [2.45, 2.75) is 12.8 Å². The fraction of sp³-hybridized carbons (Fsp3) is 0.889. The van der Waals surface area contributed by atoms with Gasteiger partial charge in [0, 0.05) is 13.1 Å². The Labute approximate surface area is 84.4 Å². The normalized spacial score (nSPS) is 23.7. The van der Waals surface area contributed by atoms with E-state index in [2.05, 4.69) is 10.6 Å². The van der Waals surface area contributed by atoms with Crippen molar-refractivity contribution in [3.8, 4) is 0 Å². The fourth-order valence-corrected chi connectivity index (χ4v) is 1.90. The van der Waals surface area contributed by atoms with Crippen molar-refractivity contribution in [1.29, 1.82) is 0 Å². The van der Waals surface area contributed by atoms with Gasteiger partial charge in [0.2, 0.25) is 0 Å². The third-order valence-corrected chi connectivity index (χ3v) is 2.71. The average Bonchev–Trinajstić information content (AvgIpc) is 2.30. The van der Waals surface area contributed by atoms with Crippen LogP contribution < -0.4 is 10.6 Å². The predicted molar refractivity (Wildman–Crippen MR) is 53.8 cm³/mol. The smallest absolute Gasteiger partial charge is 0.312 e. The minimum Gasteiger partial charge on any atom is -0.312 e. The van der Waals surface area contributed by atoms with Crippen LogP contribution in [0.2, 0.25) is 0 Å². The summed E-state index contributed by atoms with van der Waals surface area (Å²) < 4.78 is 0. The van der Waals surface area contributed by atoms with Gasteiger partial charge in [-0.1, -0.05) is 0 Å². The first-order chi connectivity index (χ1) is 6.88. The van der Waals surface area contributed by atoms with Crippen LogP contribution in [0.1, 0.15) is 12.8 Å². The molecule has 0 aliphatic carbocycles. The van der Waals surface area contributed by atoms with Crippen molar-refractivity contribution in [3.05, 3.63) is 0 Å². The molecule has 2 rings (SSSR count). The Kier molecular flexibility index (Phi) is 3.21. The minimum absolute atomic E-state index is 0.171. The summed E-state index contributed by atoms with van der Waals surface area (Å²) >= 11 is 0. The van der Waals surface area contributed by atoms with E-state index in [1.165, 1.54) is 0 Å². The second-order valence-electron chi connectivity index (χ2n) is 3.83. The van der Waals surface area contributed by atoms with Crippen LogP contribution in [0.15, 0.2) is 0 Å². The Balaban J connectivity index is 1.85.